The minimum absolute atomic E-state index is 0.155. The van der Waals surface area contributed by atoms with Crippen molar-refractivity contribution in [1.82, 2.24) is 10.3 Å². The quantitative estimate of drug-likeness (QED) is 0.162. The molecule has 0 aliphatic carbocycles. The van der Waals surface area contributed by atoms with Gasteiger partial charge in [-0.3, -0.25) is 19.9 Å². The number of rotatable bonds is 14. The van der Waals surface area contributed by atoms with Crippen LogP contribution in [0.4, 0.5) is 4.79 Å². The predicted octanol–water partition coefficient (Wildman–Crippen LogP) is 5.05. The molecule has 0 radical (unpaired) electrons. The van der Waals surface area contributed by atoms with Crippen molar-refractivity contribution in [3.05, 3.63) is 125 Å². The number of imide groups is 1. The summed E-state index contributed by atoms with van der Waals surface area (Å²) in [6, 6.07) is 24.4. The molecule has 1 aliphatic heterocycles. The summed E-state index contributed by atoms with van der Waals surface area (Å²) >= 11 is 1.05. The minimum atomic E-state index is -1.61. The lowest BCUT2D eigenvalue weighted by Crippen LogP contribution is -2.32. The molecule has 0 bridgehead atoms. The van der Waals surface area contributed by atoms with Crippen LogP contribution in [0.1, 0.15) is 50.0 Å². The third kappa shape index (κ3) is 14.0. The van der Waals surface area contributed by atoms with E-state index in [2.05, 4.69) is 23.3 Å². The number of hydrogen-bond donors (Lipinski definition) is 2. The third-order valence-corrected chi connectivity index (χ3v) is 8.52. The lowest BCUT2D eigenvalue weighted by Gasteiger charge is -2.14. The van der Waals surface area contributed by atoms with E-state index in [-0.39, 0.29) is 33.7 Å². The van der Waals surface area contributed by atoms with Crippen molar-refractivity contribution >= 4 is 47.0 Å². The zero-order valence-corrected chi connectivity index (χ0v) is 30.5. The highest BCUT2D eigenvalue weighted by molar-refractivity contribution is 8.15. The van der Waals surface area contributed by atoms with Crippen LogP contribution in [0.3, 0.4) is 0 Å². The Bertz CT molecular complexity index is 1890. The first kappa shape index (κ1) is 42.1. The lowest BCUT2D eigenvalue weighted by molar-refractivity contribution is -0.191. The van der Waals surface area contributed by atoms with E-state index in [1.807, 2.05) is 43.5 Å². The van der Waals surface area contributed by atoms with E-state index in [1.165, 1.54) is 24.8 Å². The number of carbonyl (C=O) groups is 5. The van der Waals surface area contributed by atoms with Crippen molar-refractivity contribution in [3.8, 4) is 11.5 Å². The molecule has 15 heteroatoms. The number of carboxylic acid groups (broad SMARTS) is 1. The number of ether oxygens (including phenoxy) is 4. The number of amides is 2. The second kappa shape index (κ2) is 21.9. The van der Waals surface area contributed by atoms with Crippen LogP contribution >= 0.6 is 11.8 Å². The summed E-state index contributed by atoms with van der Waals surface area (Å²) in [6.45, 7) is 3.95. The summed E-state index contributed by atoms with van der Waals surface area (Å²) in [5.74, 6) is -1.83. The second-order valence-electron chi connectivity index (χ2n) is 11.3. The van der Waals surface area contributed by atoms with E-state index in [0.29, 0.717) is 18.8 Å². The first-order chi connectivity index (χ1) is 26.0. The van der Waals surface area contributed by atoms with Gasteiger partial charge in [0.05, 0.1) is 30.1 Å². The molecule has 0 saturated carbocycles. The molecule has 1 aromatic heterocycles. The molecule has 4 aromatic rings. The first-order valence-corrected chi connectivity index (χ1v) is 17.3. The van der Waals surface area contributed by atoms with E-state index in [9.17, 15) is 29.1 Å². The number of aromatic nitrogens is 1. The molecule has 282 valence electrons. The molecule has 0 spiro atoms. The summed E-state index contributed by atoms with van der Waals surface area (Å²) in [5.41, 5.74) is 4.66. The highest BCUT2D eigenvalue weighted by atomic mass is 32.2. The summed E-state index contributed by atoms with van der Waals surface area (Å²) in [4.78, 5) is 78.7. The van der Waals surface area contributed by atoms with Crippen molar-refractivity contribution in [1.29, 1.82) is 0 Å². The number of esters is 2. The molecule has 2 heterocycles. The Morgan fingerprint density at radius 2 is 1.46 bits per heavy atom. The fourth-order valence-electron chi connectivity index (χ4n) is 4.55. The number of carboxylic acids is 1. The van der Waals surface area contributed by atoms with Gasteiger partial charge in [-0.1, -0.05) is 54.6 Å². The number of nitrogens with one attached hydrogen (secondary N) is 1. The largest absolute Gasteiger partial charge is 0.497 e. The molecule has 1 saturated heterocycles. The van der Waals surface area contributed by atoms with Gasteiger partial charge in [0.15, 0.2) is 0 Å². The standard InChI is InChI=1S/C19H20N2O3S.C19H18O7.CO2/c1-2-13-3-6-15(20-12-13)9-10-24-16-7-4-14(5-8-16)11-17-18(22)21-19(23)25-17;1-12-3-5-13(6-4-12)18(22)25-11-16(17(20)21)26-19(23)14-7-9-15(24-2)10-8-14;2-1-3/h3-8,12,17H,2,9-11H2,1H3,(H,21,22,23);3-10,16H,11H2,1-2H3,(H,20,21);/t17-;16-;/m10./s1. The van der Waals surface area contributed by atoms with E-state index in [4.69, 9.17) is 28.5 Å². The number of methoxy groups -OCH3 is 1. The number of thioether (sulfide) groups is 1. The molecule has 0 unspecified atom stereocenters. The van der Waals surface area contributed by atoms with Crippen molar-refractivity contribution in [2.24, 2.45) is 0 Å². The second-order valence-corrected chi connectivity index (χ2v) is 12.5. The highest BCUT2D eigenvalue weighted by Crippen LogP contribution is 2.24. The monoisotopic (exact) mass is 758 g/mol. The van der Waals surface area contributed by atoms with Gasteiger partial charge in [0.2, 0.25) is 12.0 Å². The maximum atomic E-state index is 12.0. The predicted molar refractivity (Wildman–Crippen MR) is 194 cm³/mol. The molecular weight excluding hydrogens is 720 g/mol. The van der Waals surface area contributed by atoms with Crippen LogP contribution in [0, 0.1) is 6.92 Å². The van der Waals surface area contributed by atoms with Crippen LogP contribution in [-0.2, 0) is 47.9 Å². The van der Waals surface area contributed by atoms with E-state index in [1.54, 1.807) is 36.4 Å². The Kier molecular flexibility index (Phi) is 17.1. The first-order valence-electron chi connectivity index (χ1n) is 16.4. The van der Waals surface area contributed by atoms with Gasteiger partial charge in [-0.2, -0.15) is 9.59 Å². The number of benzene rings is 3. The van der Waals surface area contributed by atoms with Gasteiger partial charge in [0, 0.05) is 18.3 Å². The fraction of sp³-hybridized carbons (Fsp3) is 0.256. The average molecular weight is 759 g/mol. The molecule has 2 N–H and O–H groups in total. The number of carbonyl (C=O) groups excluding carboxylic acids is 6. The van der Waals surface area contributed by atoms with Crippen LogP contribution < -0.4 is 14.8 Å². The van der Waals surface area contributed by atoms with Crippen LogP contribution in [0.2, 0.25) is 0 Å². The molecule has 1 fully saturated rings. The zero-order chi connectivity index (χ0) is 39.5. The lowest BCUT2D eigenvalue weighted by atomic mass is 10.1. The maximum Gasteiger partial charge on any atom is 0.373 e. The summed E-state index contributed by atoms with van der Waals surface area (Å²) in [6.07, 6.45) is 2.83. The van der Waals surface area contributed by atoms with Crippen LogP contribution in [0.15, 0.2) is 91.1 Å². The van der Waals surface area contributed by atoms with E-state index in [0.717, 1.165) is 47.2 Å². The molecular formula is C39H38N2O12S. The third-order valence-electron chi connectivity index (χ3n) is 7.54. The summed E-state index contributed by atoms with van der Waals surface area (Å²) in [7, 11) is 1.48. The summed E-state index contributed by atoms with van der Waals surface area (Å²) in [5, 5.41) is 10.9. The van der Waals surface area contributed by atoms with Crippen molar-refractivity contribution in [2.75, 3.05) is 20.3 Å². The Morgan fingerprint density at radius 1 is 0.870 bits per heavy atom. The van der Waals surface area contributed by atoms with Gasteiger partial charge in [0.1, 0.15) is 18.1 Å². The van der Waals surface area contributed by atoms with Crippen LogP contribution in [-0.4, -0.2) is 77.0 Å². The fourth-order valence-corrected chi connectivity index (χ4v) is 5.41. The van der Waals surface area contributed by atoms with Crippen molar-refractivity contribution in [3.63, 3.8) is 0 Å². The average Bonchev–Trinajstić information content (AvgIpc) is 3.50. The Hall–Kier alpha value is -6.31. The molecule has 2 amide bonds. The summed E-state index contributed by atoms with van der Waals surface area (Å²) < 4.78 is 20.6. The van der Waals surface area contributed by atoms with Gasteiger partial charge in [-0.05, 0) is 85.5 Å². The molecule has 14 nitrogen and oxygen atoms in total. The number of aliphatic carboxylic acids is 1. The molecule has 54 heavy (non-hydrogen) atoms. The van der Waals surface area contributed by atoms with Gasteiger partial charge >= 0.3 is 24.1 Å². The minimum Gasteiger partial charge on any atom is -0.497 e. The Morgan fingerprint density at radius 3 is 2.00 bits per heavy atom. The van der Waals surface area contributed by atoms with Gasteiger partial charge in [0.25, 0.3) is 5.24 Å². The molecule has 5 rings (SSSR count). The Balaban J connectivity index is 0.000000271. The molecule has 1 aliphatic rings. The van der Waals surface area contributed by atoms with Gasteiger partial charge in [-0.15, -0.1) is 0 Å². The van der Waals surface area contributed by atoms with Crippen molar-refractivity contribution < 1.29 is 57.6 Å². The van der Waals surface area contributed by atoms with Crippen molar-refractivity contribution in [2.45, 2.75) is 44.5 Å². The van der Waals surface area contributed by atoms with E-state index >= 15 is 0 Å². The SMILES string of the molecule is CCc1ccc(CCOc2ccc(C[C@H]3SC(=O)NC3=O)cc2)nc1.COc1ccc(C(=O)O[C@@H](COC(=O)c2ccc(C)cc2)C(=O)O)cc1.O=C=O. The van der Waals surface area contributed by atoms with Gasteiger partial charge < -0.3 is 24.1 Å². The van der Waals surface area contributed by atoms with Crippen LogP contribution in [0.5, 0.6) is 11.5 Å². The maximum absolute atomic E-state index is 12.0. The highest BCUT2D eigenvalue weighted by Gasteiger charge is 2.31. The topological polar surface area (TPSA) is 202 Å². The molecule has 2 atom stereocenters. The van der Waals surface area contributed by atoms with Gasteiger partial charge in [-0.25, -0.2) is 14.4 Å². The Labute approximate surface area is 315 Å². The zero-order valence-electron chi connectivity index (χ0n) is 29.6. The molecule has 3 aromatic carbocycles. The number of hydrogen-bond acceptors (Lipinski definition) is 13. The normalized spacial score (nSPS) is 13.4. The van der Waals surface area contributed by atoms with Crippen LogP contribution in [0.25, 0.3) is 0 Å². The number of aryl methyl sites for hydroxylation is 2. The smallest absolute Gasteiger partial charge is 0.373 e. The number of nitrogens with zero attached hydrogens (tertiary/aromatic N) is 1. The van der Waals surface area contributed by atoms with E-state index < -0.39 is 30.6 Å². The number of pyridine rings is 1.